The zero-order valence-corrected chi connectivity index (χ0v) is 14.8. The van der Waals surface area contributed by atoms with Crippen LogP contribution in [0.4, 0.5) is 18.9 Å². The fraction of sp³-hybridized carbons (Fsp3) is 0.278. The van der Waals surface area contributed by atoms with Gasteiger partial charge < -0.3 is 9.30 Å². The Balaban J connectivity index is 2.26. The SMILES string of the molecule is COc1ccc(Cn2c(C(F)(F)F)nc3c([N+](=O)[O-])c(C)c(C)cc32)cc1. The van der Waals surface area contributed by atoms with Gasteiger partial charge in [-0.05, 0) is 43.2 Å². The lowest BCUT2D eigenvalue weighted by molar-refractivity contribution is -0.383. The summed E-state index contributed by atoms with van der Waals surface area (Å²) < 4.78 is 46.7. The van der Waals surface area contributed by atoms with Crippen molar-refractivity contribution in [2.75, 3.05) is 7.11 Å². The predicted molar refractivity (Wildman–Crippen MR) is 93.0 cm³/mol. The first-order valence-corrected chi connectivity index (χ1v) is 7.98. The van der Waals surface area contributed by atoms with E-state index in [2.05, 4.69) is 4.98 Å². The van der Waals surface area contributed by atoms with E-state index in [1.807, 2.05) is 0 Å². The molecule has 3 rings (SSSR count). The monoisotopic (exact) mass is 379 g/mol. The predicted octanol–water partition coefficient (Wildman–Crippen LogP) is 4.64. The van der Waals surface area contributed by atoms with E-state index < -0.39 is 22.6 Å². The van der Waals surface area contributed by atoms with Crippen molar-refractivity contribution in [1.82, 2.24) is 9.55 Å². The van der Waals surface area contributed by atoms with Crippen LogP contribution in [0.15, 0.2) is 30.3 Å². The molecule has 0 fully saturated rings. The van der Waals surface area contributed by atoms with Crippen molar-refractivity contribution < 1.29 is 22.8 Å². The third kappa shape index (κ3) is 3.32. The Morgan fingerprint density at radius 1 is 1.22 bits per heavy atom. The molecule has 0 N–H and O–H groups in total. The lowest BCUT2D eigenvalue weighted by atomic mass is 10.1. The number of aryl methyl sites for hydroxylation is 1. The van der Waals surface area contributed by atoms with Crippen molar-refractivity contribution in [2.45, 2.75) is 26.6 Å². The summed E-state index contributed by atoms with van der Waals surface area (Å²) in [7, 11) is 1.49. The molecule has 0 bridgehead atoms. The second-order valence-corrected chi connectivity index (χ2v) is 6.16. The number of halogens is 3. The summed E-state index contributed by atoms with van der Waals surface area (Å²) in [5.74, 6) is -0.589. The van der Waals surface area contributed by atoms with Crippen LogP contribution >= 0.6 is 0 Å². The molecule has 0 saturated carbocycles. The minimum Gasteiger partial charge on any atom is -0.497 e. The van der Waals surface area contributed by atoms with Gasteiger partial charge in [-0.1, -0.05) is 12.1 Å². The fourth-order valence-electron chi connectivity index (χ4n) is 2.98. The zero-order valence-electron chi connectivity index (χ0n) is 14.8. The van der Waals surface area contributed by atoms with Gasteiger partial charge in [0.2, 0.25) is 5.82 Å². The maximum Gasteiger partial charge on any atom is 0.449 e. The van der Waals surface area contributed by atoms with Crippen LogP contribution in [-0.4, -0.2) is 21.6 Å². The number of imidazole rings is 1. The summed E-state index contributed by atoms with van der Waals surface area (Å²) >= 11 is 0. The van der Waals surface area contributed by atoms with Gasteiger partial charge in [0, 0.05) is 12.1 Å². The van der Waals surface area contributed by atoms with Crippen LogP contribution < -0.4 is 4.74 Å². The van der Waals surface area contributed by atoms with Gasteiger partial charge >= 0.3 is 6.18 Å². The third-order valence-electron chi connectivity index (χ3n) is 4.47. The number of hydrogen-bond acceptors (Lipinski definition) is 4. The number of rotatable bonds is 4. The van der Waals surface area contributed by atoms with Gasteiger partial charge in [0.1, 0.15) is 5.75 Å². The minimum absolute atomic E-state index is 0.0768. The van der Waals surface area contributed by atoms with Crippen LogP contribution in [0.2, 0.25) is 0 Å². The van der Waals surface area contributed by atoms with E-state index >= 15 is 0 Å². The lowest BCUT2D eigenvalue weighted by Gasteiger charge is -2.12. The largest absolute Gasteiger partial charge is 0.497 e. The maximum absolute atomic E-state index is 13.6. The molecule has 0 radical (unpaired) electrons. The number of nitrogens with zero attached hydrogens (tertiary/aromatic N) is 3. The number of nitro groups is 1. The van der Waals surface area contributed by atoms with Crippen molar-refractivity contribution in [3.8, 4) is 5.75 Å². The average Bonchev–Trinajstić information content (AvgIpc) is 2.94. The number of hydrogen-bond donors (Lipinski definition) is 0. The van der Waals surface area contributed by atoms with Crippen molar-refractivity contribution in [3.63, 3.8) is 0 Å². The average molecular weight is 379 g/mol. The van der Waals surface area contributed by atoms with Gasteiger partial charge in [0.15, 0.2) is 5.52 Å². The topological polar surface area (TPSA) is 70.2 Å². The number of aromatic nitrogens is 2. The summed E-state index contributed by atoms with van der Waals surface area (Å²) in [5, 5.41) is 11.4. The van der Waals surface area contributed by atoms with E-state index in [0.29, 0.717) is 22.4 Å². The normalized spacial score (nSPS) is 11.8. The quantitative estimate of drug-likeness (QED) is 0.489. The molecule has 6 nitrogen and oxygen atoms in total. The van der Waals surface area contributed by atoms with Crippen LogP contribution in [0.1, 0.15) is 22.5 Å². The molecular weight excluding hydrogens is 363 g/mol. The summed E-state index contributed by atoms with van der Waals surface area (Å²) in [6.07, 6.45) is -4.75. The minimum atomic E-state index is -4.75. The zero-order chi connectivity index (χ0) is 19.9. The van der Waals surface area contributed by atoms with Crippen LogP contribution in [0.3, 0.4) is 0 Å². The van der Waals surface area contributed by atoms with Gasteiger partial charge in [-0.2, -0.15) is 13.2 Å². The molecule has 0 aliphatic heterocycles. The Hall–Kier alpha value is -3.10. The van der Waals surface area contributed by atoms with Crippen molar-refractivity contribution in [1.29, 1.82) is 0 Å². The Morgan fingerprint density at radius 3 is 2.37 bits per heavy atom. The fourth-order valence-corrected chi connectivity index (χ4v) is 2.98. The van der Waals surface area contributed by atoms with Crippen molar-refractivity contribution in [2.24, 2.45) is 0 Å². The summed E-state index contributed by atoms with van der Waals surface area (Å²) in [6.45, 7) is 3.00. The molecular formula is C18H16F3N3O3. The van der Waals surface area contributed by atoms with E-state index in [1.54, 1.807) is 31.2 Å². The van der Waals surface area contributed by atoms with Crippen molar-refractivity contribution >= 4 is 16.7 Å². The summed E-state index contributed by atoms with van der Waals surface area (Å²) in [4.78, 5) is 14.4. The first kappa shape index (κ1) is 18.7. The molecule has 0 spiro atoms. The third-order valence-corrected chi connectivity index (χ3v) is 4.47. The van der Waals surface area contributed by atoms with Crippen LogP contribution in [0.25, 0.3) is 11.0 Å². The molecule has 1 heterocycles. The molecule has 2 aromatic carbocycles. The maximum atomic E-state index is 13.6. The highest BCUT2D eigenvalue weighted by molar-refractivity contribution is 5.88. The Labute approximate surface area is 152 Å². The lowest BCUT2D eigenvalue weighted by Crippen LogP contribution is -2.15. The Bertz CT molecular complexity index is 1020. The van der Waals surface area contributed by atoms with E-state index in [1.165, 1.54) is 20.1 Å². The first-order valence-electron chi connectivity index (χ1n) is 7.98. The van der Waals surface area contributed by atoms with Gasteiger partial charge in [-0.3, -0.25) is 10.1 Å². The molecule has 1 aromatic heterocycles. The second kappa shape index (κ2) is 6.57. The van der Waals surface area contributed by atoms with Crippen LogP contribution in [0, 0.1) is 24.0 Å². The second-order valence-electron chi connectivity index (χ2n) is 6.16. The highest BCUT2D eigenvalue weighted by atomic mass is 19.4. The molecule has 0 amide bonds. The molecule has 3 aromatic rings. The molecule has 0 saturated heterocycles. The molecule has 27 heavy (non-hydrogen) atoms. The number of benzene rings is 2. The molecule has 0 atom stereocenters. The van der Waals surface area contributed by atoms with Gasteiger partial charge in [-0.15, -0.1) is 0 Å². The molecule has 0 aliphatic rings. The summed E-state index contributed by atoms with van der Waals surface area (Å²) in [6, 6.07) is 8.06. The number of alkyl halides is 3. The van der Waals surface area contributed by atoms with Gasteiger partial charge in [0.25, 0.3) is 5.69 Å². The van der Waals surface area contributed by atoms with Gasteiger partial charge in [-0.25, -0.2) is 4.98 Å². The standard InChI is InChI=1S/C18H16F3N3O3/c1-10-8-14-15(16(11(10)2)24(25)26)22-17(18(19,20)21)23(14)9-12-4-6-13(27-3)7-5-12/h4-8H,9H2,1-3H3. The molecule has 9 heteroatoms. The van der Waals surface area contributed by atoms with Gasteiger partial charge in [0.05, 0.1) is 17.5 Å². The van der Waals surface area contributed by atoms with Crippen molar-refractivity contribution in [3.05, 3.63) is 63.0 Å². The molecule has 142 valence electrons. The first-order chi connectivity index (χ1) is 12.6. The molecule has 0 unspecified atom stereocenters. The highest BCUT2D eigenvalue weighted by Gasteiger charge is 2.39. The number of nitro benzene ring substituents is 1. The van der Waals surface area contributed by atoms with E-state index in [4.69, 9.17) is 4.74 Å². The van der Waals surface area contributed by atoms with E-state index in [9.17, 15) is 23.3 Å². The Kier molecular flexibility index (Phi) is 4.54. The Morgan fingerprint density at radius 2 is 1.85 bits per heavy atom. The van der Waals surface area contributed by atoms with Crippen LogP contribution in [-0.2, 0) is 12.7 Å². The van der Waals surface area contributed by atoms with E-state index in [-0.39, 0.29) is 17.6 Å². The number of ether oxygens (including phenoxy) is 1. The van der Waals surface area contributed by atoms with Crippen LogP contribution in [0.5, 0.6) is 5.75 Å². The highest BCUT2D eigenvalue weighted by Crippen LogP contribution is 2.37. The molecule has 0 aliphatic carbocycles. The smallest absolute Gasteiger partial charge is 0.449 e. The number of fused-ring (bicyclic) bond motifs is 1. The van der Waals surface area contributed by atoms with E-state index in [0.717, 1.165) is 4.57 Å². The number of methoxy groups -OCH3 is 1. The summed E-state index contributed by atoms with van der Waals surface area (Å²) in [5.41, 5.74) is 0.830.